The Kier molecular flexibility index (Phi) is 4.90. The second kappa shape index (κ2) is 5.72. The molecule has 1 saturated heterocycles. The third-order valence-corrected chi connectivity index (χ3v) is 3.32. The Morgan fingerprint density at radius 1 is 1.29 bits per heavy atom. The number of rotatable bonds is 6. The summed E-state index contributed by atoms with van der Waals surface area (Å²) in [5, 5.41) is 0. The molecule has 2 nitrogen and oxygen atoms in total. The molecule has 84 valence electrons. The Morgan fingerprint density at radius 2 is 2.07 bits per heavy atom. The van der Waals surface area contributed by atoms with Gasteiger partial charge in [-0.1, -0.05) is 20.3 Å². The largest absolute Gasteiger partial charge is 0.361 e. The van der Waals surface area contributed by atoms with Crippen LogP contribution in [0.1, 0.15) is 52.9 Å². The zero-order chi connectivity index (χ0) is 10.4. The topological polar surface area (TPSA) is 12.5 Å². The molecule has 0 amide bonds. The summed E-state index contributed by atoms with van der Waals surface area (Å²) in [6.07, 6.45) is 6.24. The van der Waals surface area contributed by atoms with Crippen LogP contribution < -0.4 is 0 Å². The molecule has 2 heteroatoms. The molecule has 0 aromatic heterocycles. The van der Waals surface area contributed by atoms with Gasteiger partial charge in [0.2, 0.25) is 0 Å². The zero-order valence-electron chi connectivity index (χ0n) is 10.0. The summed E-state index contributed by atoms with van der Waals surface area (Å²) in [5.74, 6) is 0. The van der Waals surface area contributed by atoms with Crippen LogP contribution in [0.5, 0.6) is 0 Å². The van der Waals surface area contributed by atoms with Crippen molar-refractivity contribution in [2.24, 2.45) is 0 Å². The predicted molar refractivity (Wildman–Crippen MR) is 60.4 cm³/mol. The number of hydrogen-bond donors (Lipinski definition) is 0. The van der Waals surface area contributed by atoms with E-state index in [4.69, 9.17) is 4.74 Å². The van der Waals surface area contributed by atoms with Crippen LogP contribution in [0.4, 0.5) is 0 Å². The van der Waals surface area contributed by atoms with Crippen molar-refractivity contribution < 1.29 is 4.74 Å². The number of hydrogen-bond acceptors (Lipinski definition) is 2. The van der Waals surface area contributed by atoms with Gasteiger partial charge in [-0.05, 0) is 32.6 Å². The number of likely N-dealkylation sites (tertiary alicyclic amines) is 1. The summed E-state index contributed by atoms with van der Waals surface area (Å²) in [7, 11) is 0. The van der Waals surface area contributed by atoms with Crippen LogP contribution in [-0.4, -0.2) is 30.3 Å². The minimum absolute atomic E-state index is 0.0872. The van der Waals surface area contributed by atoms with Crippen molar-refractivity contribution in [1.82, 2.24) is 4.90 Å². The van der Waals surface area contributed by atoms with Crippen molar-refractivity contribution in [3.05, 3.63) is 0 Å². The van der Waals surface area contributed by atoms with Gasteiger partial charge in [-0.15, -0.1) is 0 Å². The van der Waals surface area contributed by atoms with Crippen LogP contribution >= 0.6 is 0 Å². The highest BCUT2D eigenvalue weighted by Gasteiger charge is 2.39. The molecule has 0 N–H and O–H groups in total. The third-order valence-electron chi connectivity index (χ3n) is 3.32. The zero-order valence-corrected chi connectivity index (χ0v) is 10.0. The Morgan fingerprint density at radius 3 is 2.64 bits per heavy atom. The molecule has 0 radical (unpaired) electrons. The van der Waals surface area contributed by atoms with E-state index in [1.165, 1.54) is 38.8 Å². The second-order valence-electron chi connectivity index (χ2n) is 4.18. The summed E-state index contributed by atoms with van der Waals surface area (Å²) in [6.45, 7) is 9.90. The number of unbranched alkanes of at least 4 members (excludes halogenated alkanes) is 1. The molecule has 0 aliphatic carbocycles. The van der Waals surface area contributed by atoms with Gasteiger partial charge in [0.15, 0.2) is 0 Å². The Labute approximate surface area is 88.6 Å². The quantitative estimate of drug-likeness (QED) is 0.652. The second-order valence-corrected chi connectivity index (χ2v) is 4.18. The lowest BCUT2D eigenvalue weighted by Crippen LogP contribution is -2.46. The average molecular weight is 199 g/mol. The fourth-order valence-corrected chi connectivity index (χ4v) is 2.51. The van der Waals surface area contributed by atoms with Gasteiger partial charge in [-0.3, -0.25) is 4.90 Å². The first-order valence-corrected chi connectivity index (χ1v) is 6.18. The van der Waals surface area contributed by atoms with Crippen LogP contribution in [0.3, 0.4) is 0 Å². The lowest BCUT2D eigenvalue weighted by molar-refractivity contribution is -0.134. The highest BCUT2D eigenvalue weighted by atomic mass is 16.5. The first-order chi connectivity index (χ1) is 6.79. The van der Waals surface area contributed by atoms with Gasteiger partial charge in [0.25, 0.3) is 0 Å². The lowest BCUT2D eigenvalue weighted by Gasteiger charge is -2.37. The van der Waals surface area contributed by atoms with Gasteiger partial charge in [-0.25, -0.2) is 0 Å². The fourth-order valence-electron chi connectivity index (χ4n) is 2.51. The van der Waals surface area contributed by atoms with E-state index in [-0.39, 0.29) is 5.72 Å². The molecule has 0 spiro atoms. The average Bonchev–Trinajstić information content (AvgIpc) is 2.59. The molecule has 0 bridgehead atoms. The van der Waals surface area contributed by atoms with E-state index in [2.05, 4.69) is 25.7 Å². The molecule has 0 aromatic carbocycles. The summed E-state index contributed by atoms with van der Waals surface area (Å²) >= 11 is 0. The molecule has 1 atom stereocenters. The van der Waals surface area contributed by atoms with Crippen molar-refractivity contribution in [3.8, 4) is 0 Å². The monoisotopic (exact) mass is 199 g/mol. The highest BCUT2D eigenvalue weighted by molar-refractivity contribution is 4.86. The number of nitrogens with zero attached hydrogens (tertiary/aromatic N) is 1. The maximum Gasteiger partial charge on any atom is 0.121 e. The molecule has 0 aromatic rings. The Bertz CT molecular complexity index is 160. The highest BCUT2D eigenvalue weighted by Crippen LogP contribution is 2.33. The van der Waals surface area contributed by atoms with Crippen LogP contribution in [0.25, 0.3) is 0 Å². The van der Waals surface area contributed by atoms with E-state index in [0.717, 1.165) is 13.0 Å². The van der Waals surface area contributed by atoms with Crippen LogP contribution in [0, 0.1) is 0 Å². The Balaban J connectivity index is 2.53. The van der Waals surface area contributed by atoms with E-state index < -0.39 is 0 Å². The maximum absolute atomic E-state index is 5.98. The molecular formula is C12H25NO. The van der Waals surface area contributed by atoms with E-state index in [1.807, 2.05) is 0 Å². The van der Waals surface area contributed by atoms with Gasteiger partial charge in [0, 0.05) is 19.7 Å². The summed E-state index contributed by atoms with van der Waals surface area (Å²) in [5.41, 5.74) is 0.0872. The van der Waals surface area contributed by atoms with Gasteiger partial charge in [-0.2, -0.15) is 0 Å². The molecule has 1 fully saturated rings. The smallest absolute Gasteiger partial charge is 0.121 e. The summed E-state index contributed by atoms with van der Waals surface area (Å²) < 4.78 is 5.98. The molecule has 0 saturated carbocycles. The molecule has 14 heavy (non-hydrogen) atoms. The predicted octanol–water partition coefficient (Wildman–Crippen LogP) is 3.03. The van der Waals surface area contributed by atoms with E-state index in [0.29, 0.717) is 0 Å². The van der Waals surface area contributed by atoms with E-state index in [1.54, 1.807) is 0 Å². The van der Waals surface area contributed by atoms with Crippen LogP contribution in [0.15, 0.2) is 0 Å². The van der Waals surface area contributed by atoms with Gasteiger partial charge < -0.3 is 4.74 Å². The van der Waals surface area contributed by atoms with Crippen molar-refractivity contribution in [1.29, 1.82) is 0 Å². The maximum atomic E-state index is 5.98. The van der Waals surface area contributed by atoms with Gasteiger partial charge >= 0.3 is 0 Å². The SMILES string of the molecule is CCCCN1CCCC1(CC)OCC. The summed E-state index contributed by atoms with van der Waals surface area (Å²) in [6, 6.07) is 0. The van der Waals surface area contributed by atoms with E-state index in [9.17, 15) is 0 Å². The van der Waals surface area contributed by atoms with Crippen molar-refractivity contribution in [2.45, 2.75) is 58.6 Å². The Hall–Kier alpha value is -0.0800. The van der Waals surface area contributed by atoms with Crippen LogP contribution in [0.2, 0.25) is 0 Å². The molecule has 1 aliphatic rings. The molecule has 1 unspecified atom stereocenters. The van der Waals surface area contributed by atoms with Crippen LogP contribution in [-0.2, 0) is 4.74 Å². The fraction of sp³-hybridized carbons (Fsp3) is 1.00. The number of ether oxygens (including phenoxy) is 1. The minimum atomic E-state index is 0.0872. The first-order valence-electron chi connectivity index (χ1n) is 6.18. The molecule has 1 aliphatic heterocycles. The van der Waals surface area contributed by atoms with Crippen molar-refractivity contribution >= 4 is 0 Å². The van der Waals surface area contributed by atoms with Crippen molar-refractivity contribution in [3.63, 3.8) is 0 Å². The first kappa shape index (κ1) is 12.0. The van der Waals surface area contributed by atoms with E-state index >= 15 is 0 Å². The molecular weight excluding hydrogens is 174 g/mol. The van der Waals surface area contributed by atoms with Gasteiger partial charge in [0.1, 0.15) is 5.72 Å². The normalized spacial score (nSPS) is 28.5. The van der Waals surface area contributed by atoms with Gasteiger partial charge in [0.05, 0.1) is 0 Å². The lowest BCUT2D eigenvalue weighted by atomic mass is 10.1. The van der Waals surface area contributed by atoms with Crippen molar-refractivity contribution in [2.75, 3.05) is 19.7 Å². The minimum Gasteiger partial charge on any atom is -0.361 e. The third kappa shape index (κ3) is 2.48. The molecule has 1 rings (SSSR count). The summed E-state index contributed by atoms with van der Waals surface area (Å²) in [4.78, 5) is 2.56. The standard InChI is InChI=1S/C12H25NO/c1-4-7-10-13-11-8-9-12(13,5-2)14-6-3/h4-11H2,1-3H3. The molecule has 1 heterocycles.